The fourth-order valence-corrected chi connectivity index (χ4v) is 5.65. The molecule has 0 amide bonds. The van der Waals surface area contributed by atoms with Crippen molar-refractivity contribution in [1.29, 1.82) is 0 Å². The molecule has 4 nitrogen and oxygen atoms in total. The molecule has 7 heteroatoms. The van der Waals surface area contributed by atoms with Crippen LogP contribution in [0.5, 0.6) is 5.75 Å². The van der Waals surface area contributed by atoms with E-state index in [-0.39, 0.29) is 0 Å². The minimum atomic E-state index is -4.37. The van der Waals surface area contributed by atoms with Gasteiger partial charge in [-0.15, -0.1) is 0 Å². The predicted octanol–water partition coefficient (Wildman–Crippen LogP) is 5.92. The van der Waals surface area contributed by atoms with E-state index < -0.39 is 11.7 Å². The number of halogens is 3. The van der Waals surface area contributed by atoms with Crippen LogP contribution < -0.4 is 4.74 Å². The average Bonchev–Trinajstić information content (AvgIpc) is 3.15. The van der Waals surface area contributed by atoms with Gasteiger partial charge in [-0.2, -0.15) is 13.2 Å². The molecular formula is C26H30F3N3O. The Balaban J connectivity index is 1.51. The predicted molar refractivity (Wildman–Crippen MR) is 122 cm³/mol. The van der Waals surface area contributed by atoms with Gasteiger partial charge in [-0.1, -0.05) is 18.6 Å². The second-order valence-corrected chi connectivity index (χ2v) is 9.37. The largest absolute Gasteiger partial charge is 0.497 e. The summed E-state index contributed by atoms with van der Waals surface area (Å²) in [5.41, 5.74) is 1.63. The summed E-state index contributed by atoms with van der Waals surface area (Å²) < 4.78 is 47.5. The normalized spacial score (nSPS) is 21.8. The van der Waals surface area contributed by atoms with Crippen LogP contribution in [0.4, 0.5) is 13.2 Å². The van der Waals surface area contributed by atoms with Crippen LogP contribution in [-0.4, -0.2) is 40.7 Å². The van der Waals surface area contributed by atoms with E-state index in [0.717, 1.165) is 35.6 Å². The number of piperidine rings is 2. The van der Waals surface area contributed by atoms with Gasteiger partial charge in [-0.25, -0.2) is 4.98 Å². The highest BCUT2D eigenvalue weighted by atomic mass is 19.4. The summed E-state index contributed by atoms with van der Waals surface area (Å²) in [4.78, 5) is 7.34. The van der Waals surface area contributed by atoms with Crippen LogP contribution in [0.3, 0.4) is 0 Å². The summed E-state index contributed by atoms with van der Waals surface area (Å²) in [6.45, 7) is 3.13. The van der Waals surface area contributed by atoms with E-state index in [2.05, 4.69) is 9.47 Å². The van der Waals surface area contributed by atoms with Crippen molar-refractivity contribution in [3.05, 3.63) is 59.4 Å². The lowest BCUT2D eigenvalue weighted by atomic mass is 9.83. The van der Waals surface area contributed by atoms with Crippen molar-refractivity contribution >= 4 is 11.0 Å². The molecule has 2 aliphatic rings. The second-order valence-electron chi connectivity index (χ2n) is 9.37. The van der Waals surface area contributed by atoms with Crippen molar-refractivity contribution in [2.75, 3.05) is 20.2 Å². The van der Waals surface area contributed by atoms with E-state index in [1.165, 1.54) is 50.9 Å². The van der Waals surface area contributed by atoms with E-state index >= 15 is 0 Å². The molecule has 3 heterocycles. The number of imidazole rings is 1. The lowest BCUT2D eigenvalue weighted by molar-refractivity contribution is -0.137. The van der Waals surface area contributed by atoms with Crippen LogP contribution in [-0.2, 0) is 19.1 Å². The lowest BCUT2D eigenvalue weighted by Gasteiger charge is -2.44. The first kappa shape index (κ1) is 22.3. The molecule has 0 bridgehead atoms. The Morgan fingerprint density at radius 3 is 2.55 bits per heavy atom. The number of fused-ring (bicyclic) bond motifs is 2. The number of rotatable bonds is 5. The Kier molecular flexibility index (Phi) is 6.08. The minimum Gasteiger partial charge on any atom is -0.497 e. The van der Waals surface area contributed by atoms with E-state index in [9.17, 15) is 13.2 Å². The maximum absolute atomic E-state index is 13.3. The fraction of sp³-hybridized carbons (Fsp3) is 0.500. The molecule has 0 spiro atoms. The Morgan fingerprint density at radius 2 is 1.79 bits per heavy atom. The number of alkyl halides is 3. The van der Waals surface area contributed by atoms with Crippen molar-refractivity contribution < 1.29 is 17.9 Å². The van der Waals surface area contributed by atoms with Crippen LogP contribution in [0.15, 0.2) is 42.5 Å². The van der Waals surface area contributed by atoms with Crippen molar-refractivity contribution in [2.24, 2.45) is 5.92 Å². The molecule has 5 rings (SSSR count). The number of nitrogens with zero attached hydrogens (tertiary/aromatic N) is 3. The molecule has 2 aliphatic heterocycles. The third kappa shape index (κ3) is 4.60. The molecule has 0 N–H and O–H groups in total. The highest BCUT2D eigenvalue weighted by Crippen LogP contribution is 2.35. The van der Waals surface area contributed by atoms with Gasteiger partial charge in [0, 0.05) is 19.0 Å². The van der Waals surface area contributed by atoms with Crippen molar-refractivity contribution in [3.8, 4) is 5.75 Å². The van der Waals surface area contributed by atoms with Gasteiger partial charge < -0.3 is 14.2 Å². The first-order chi connectivity index (χ1) is 15.9. The van der Waals surface area contributed by atoms with Crippen LogP contribution in [0.1, 0.15) is 49.1 Å². The Labute approximate surface area is 192 Å². The van der Waals surface area contributed by atoms with Crippen LogP contribution >= 0.6 is 0 Å². The molecule has 0 aliphatic carbocycles. The summed E-state index contributed by atoms with van der Waals surface area (Å²) in [5.74, 6) is 2.09. The maximum atomic E-state index is 13.3. The van der Waals surface area contributed by atoms with Gasteiger partial charge in [0.1, 0.15) is 11.6 Å². The zero-order valence-electron chi connectivity index (χ0n) is 18.9. The summed E-state index contributed by atoms with van der Waals surface area (Å²) >= 11 is 0. The number of ether oxygens (including phenoxy) is 1. The molecule has 2 fully saturated rings. The summed E-state index contributed by atoms with van der Waals surface area (Å²) in [5, 5.41) is 0. The number of methoxy groups -OCH3 is 1. The van der Waals surface area contributed by atoms with E-state index in [4.69, 9.17) is 9.72 Å². The van der Waals surface area contributed by atoms with Gasteiger partial charge in [0.05, 0.1) is 23.7 Å². The van der Waals surface area contributed by atoms with Gasteiger partial charge in [0.2, 0.25) is 0 Å². The molecular weight excluding hydrogens is 427 g/mol. The molecule has 2 saturated heterocycles. The molecule has 3 aromatic rings. The maximum Gasteiger partial charge on any atom is 0.416 e. The first-order valence-corrected chi connectivity index (χ1v) is 11.9. The van der Waals surface area contributed by atoms with Crippen LogP contribution in [0, 0.1) is 5.92 Å². The lowest BCUT2D eigenvalue weighted by Crippen LogP contribution is -2.49. The SMILES string of the molecule is COc1ccc(Cc2nc3cc(C(F)(F)F)ccc3n2C[C@H]2CCCN3CCCC[C@H]23)cc1. The monoisotopic (exact) mass is 457 g/mol. The first-order valence-electron chi connectivity index (χ1n) is 11.9. The van der Waals surface area contributed by atoms with Gasteiger partial charge in [-0.3, -0.25) is 0 Å². The summed E-state index contributed by atoms with van der Waals surface area (Å²) in [6.07, 6.45) is 2.27. The zero-order valence-corrected chi connectivity index (χ0v) is 18.9. The molecule has 176 valence electrons. The molecule has 2 aromatic carbocycles. The summed E-state index contributed by atoms with van der Waals surface area (Å²) in [6, 6.07) is 12.3. The Bertz CT molecular complexity index is 1100. The fourth-order valence-electron chi connectivity index (χ4n) is 5.65. The Morgan fingerprint density at radius 1 is 1.00 bits per heavy atom. The molecule has 0 unspecified atom stereocenters. The van der Waals surface area contributed by atoms with Gasteiger partial charge in [0.15, 0.2) is 0 Å². The third-order valence-corrected chi connectivity index (χ3v) is 7.32. The third-order valence-electron chi connectivity index (χ3n) is 7.32. The highest BCUT2D eigenvalue weighted by Gasteiger charge is 2.34. The van der Waals surface area contributed by atoms with E-state index in [0.29, 0.717) is 23.9 Å². The molecule has 0 radical (unpaired) electrons. The average molecular weight is 458 g/mol. The number of benzene rings is 2. The van der Waals surface area contributed by atoms with Gasteiger partial charge in [0.25, 0.3) is 0 Å². The standard InChI is InChI=1S/C26H30F3N3O/c1-33-21-10-7-18(8-11-21)15-25-30-22-16-20(26(27,28)29)9-12-24(22)32(25)17-19-5-4-14-31-13-3-2-6-23(19)31/h7-12,16,19,23H,2-6,13-15,17H2,1H3/t19-,23-/m1/s1. The molecule has 33 heavy (non-hydrogen) atoms. The zero-order chi connectivity index (χ0) is 23.0. The molecule has 2 atom stereocenters. The van der Waals surface area contributed by atoms with E-state index in [1.54, 1.807) is 13.2 Å². The second kappa shape index (κ2) is 9.01. The molecule has 0 saturated carbocycles. The van der Waals surface area contributed by atoms with Crippen molar-refractivity contribution in [3.63, 3.8) is 0 Å². The van der Waals surface area contributed by atoms with Crippen LogP contribution in [0.2, 0.25) is 0 Å². The Hall–Kier alpha value is -2.54. The quantitative estimate of drug-likeness (QED) is 0.477. The van der Waals surface area contributed by atoms with Crippen molar-refractivity contribution in [2.45, 2.75) is 57.3 Å². The van der Waals surface area contributed by atoms with E-state index in [1.807, 2.05) is 24.3 Å². The highest BCUT2D eigenvalue weighted by molar-refractivity contribution is 5.77. The smallest absolute Gasteiger partial charge is 0.416 e. The minimum absolute atomic E-state index is 0.421. The van der Waals surface area contributed by atoms with Crippen molar-refractivity contribution in [1.82, 2.24) is 14.5 Å². The summed E-state index contributed by atoms with van der Waals surface area (Å²) in [7, 11) is 1.63. The number of hydrogen-bond acceptors (Lipinski definition) is 3. The number of aromatic nitrogens is 2. The van der Waals surface area contributed by atoms with Gasteiger partial charge >= 0.3 is 6.18 Å². The number of hydrogen-bond donors (Lipinski definition) is 0. The topological polar surface area (TPSA) is 30.3 Å². The molecule has 1 aromatic heterocycles. The van der Waals surface area contributed by atoms with Gasteiger partial charge in [-0.05, 0) is 80.6 Å². The van der Waals surface area contributed by atoms with Crippen LogP contribution in [0.25, 0.3) is 11.0 Å².